The number of carbonyl (C=O) groups is 1. The first-order valence-electron chi connectivity index (χ1n) is 6.17. The molecule has 0 spiro atoms. The predicted octanol–water partition coefficient (Wildman–Crippen LogP) is 1.99. The van der Waals surface area contributed by atoms with Gasteiger partial charge < -0.3 is 10.6 Å². The van der Waals surface area contributed by atoms with Gasteiger partial charge in [0.15, 0.2) is 0 Å². The van der Waals surface area contributed by atoms with Gasteiger partial charge >= 0.3 is 0 Å². The highest BCUT2D eigenvalue weighted by Gasteiger charge is 2.12. The van der Waals surface area contributed by atoms with E-state index >= 15 is 0 Å². The Balaban J connectivity index is 2.04. The van der Waals surface area contributed by atoms with Gasteiger partial charge in [-0.25, -0.2) is 0 Å². The summed E-state index contributed by atoms with van der Waals surface area (Å²) < 4.78 is 0. The zero-order chi connectivity index (χ0) is 12.0. The Bertz CT molecular complexity index is 264. The number of amides is 1. The van der Waals surface area contributed by atoms with Crippen molar-refractivity contribution < 1.29 is 4.79 Å². The van der Waals surface area contributed by atoms with E-state index in [0.29, 0.717) is 6.54 Å². The minimum atomic E-state index is -0.132. The average molecular weight is 224 g/mol. The molecule has 0 fully saturated rings. The lowest BCUT2D eigenvalue weighted by Crippen LogP contribution is -2.45. The Labute approximate surface area is 98.7 Å². The zero-order valence-corrected chi connectivity index (χ0v) is 10.7. The Morgan fingerprint density at radius 1 is 1.44 bits per heavy atom. The van der Waals surface area contributed by atoms with Crippen molar-refractivity contribution in [3.05, 3.63) is 11.6 Å². The van der Waals surface area contributed by atoms with Crippen LogP contribution in [0.3, 0.4) is 0 Å². The van der Waals surface area contributed by atoms with Crippen LogP contribution in [0.1, 0.15) is 46.5 Å². The lowest BCUT2D eigenvalue weighted by atomic mass is 10.1. The van der Waals surface area contributed by atoms with Crippen molar-refractivity contribution in [3.63, 3.8) is 0 Å². The molecule has 1 aliphatic rings. The standard InChI is InChI=1S/C13H24N2O/c1-13(2,3)15-12(16)10-14-9-8-11-6-4-5-7-11/h6,14H,4-5,7-10H2,1-3H3,(H,15,16). The molecule has 0 unspecified atom stereocenters. The van der Waals surface area contributed by atoms with Crippen LogP contribution < -0.4 is 10.6 Å². The second kappa shape index (κ2) is 6.04. The summed E-state index contributed by atoms with van der Waals surface area (Å²) in [7, 11) is 0. The predicted molar refractivity (Wildman–Crippen MR) is 67.3 cm³/mol. The fourth-order valence-electron chi connectivity index (χ4n) is 1.88. The van der Waals surface area contributed by atoms with Crippen LogP contribution in [0, 0.1) is 0 Å². The molecule has 0 aliphatic heterocycles. The van der Waals surface area contributed by atoms with E-state index in [2.05, 4.69) is 16.7 Å². The summed E-state index contributed by atoms with van der Waals surface area (Å²) in [6.45, 7) is 7.31. The molecule has 0 heterocycles. The van der Waals surface area contributed by atoms with Gasteiger partial charge in [-0.2, -0.15) is 0 Å². The molecule has 1 aliphatic carbocycles. The number of carbonyl (C=O) groups excluding carboxylic acids is 1. The molecule has 16 heavy (non-hydrogen) atoms. The van der Waals surface area contributed by atoms with Gasteiger partial charge in [-0.15, -0.1) is 0 Å². The molecule has 0 aromatic rings. The summed E-state index contributed by atoms with van der Waals surface area (Å²) in [6, 6.07) is 0. The van der Waals surface area contributed by atoms with Crippen molar-refractivity contribution in [2.45, 2.75) is 52.0 Å². The van der Waals surface area contributed by atoms with Crippen LogP contribution in [0.5, 0.6) is 0 Å². The van der Waals surface area contributed by atoms with Gasteiger partial charge in [0.1, 0.15) is 0 Å². The topological polar surface area (TPSA) is 41.1 Å². The normalized spacial score (nSPS) is 16.1. The maximum Gasteiger partial charge on any atom is 0.234 e. The molecular formula is C13H24N2O. The van der Waals surface area contributed by atoms with Gasteiger partial charge in [0.2, 0.25) is 5.91 Å². The summed E-state index contributed by atoms with van der Waals surface area (Å²) in [6.07, 6.45) is 7.20. The Kier molecular flexibility index (Phi) is 5.00. The maximum absolute atomic E-state index is 11.5. The molecular weight excluding hydrogens is 200 g/mol. The van der Waals surface area contributed by atoms with Crippen LogP contribution in [-0.4, -0.2) is 24.5 Å². The molecule has 0 aromatic carbocycles. The molecule has 2 N–H and O–H groups in total. The average Bonchev–Trinajstić information content (AvgIpc) is 2.62. The first-order valence-corrected chi connectivity index (χ1v) is 6.17. The van der Waals surface area contributed by atoms with E-state index in [4.69, 9.17) is 0 Å². The van der Waals surface area contributed by atoms with Gasteiger partial charge in [0.25, 0.3) is 0 Å². The van der Waals surface area contributed by atoms with Crippen LogP contribution in [-0.2, 0) is 4.79 Å². The van der Waals surface area contributed by atoms with Crippen molar-refractivity contribution in [2.24, 2.45) is 0 Å². The van der Waals surface area contributed by atoms with Crippen LogP contribution in [0.2, 0.25) is 0 Å². The first kappa shape index (κ1) is 13.2. The van der Waals surface area contributed by atoms with Crippen molar-refractivity contribution in [1.29, 1.82) is 0 Å². The molecule has 0 aromatic heterocycles. The second-order valence-electron chi connectivity index (χ2n) is 5.48. The van der Waals surface area contributed by atoms with E-state index in [0.717, 1.165) is 13.0 Å². The summed E-state index contributed by atoms with van der Waals surface area (Å²) in [5.41, 5.74) is 1.41. The third-order valence-electron chi connectivity index (χ3n) is 2.56. The second-order valence-corrected chi connectivity index (χ2v) is 5.48. The lowest BCUT2D eigenvalue weighted by Gasteiger charge is -2.20. The van der Waals surface area contributed by atoms with Gasteiger partial charge in [-0.3, -0.25) is 4.79 Å². The highest BCUT2D eigenvalue weighted by atomic mass is 16.2. The summed E-state index contributed by atoms with van der Waals surface area (Å²) in [5.74, 6) is 0.0768. The Morgan fingerprint density at radius 3 is 2.75 bits per heavy atom. The highest BCUT2D eigenvalue weighted by Crippen LogP contribution is 2.19. The Morgan fingerprint density at radius 2 is 2.19 bits per heavy atom. The fourth-order valence-corrected chi connectivity index (χ4v) is 1.88. The van der Waals surface area contributed by atoms with Gasteiger partial charge in [0.05, 0.1) is 6.54 Å². The zero-order valence-electron chi connectivity index (χ0n) is 10.7. The van der Waals surface area contributed by atoms with E-state index in [1.54, 1.807) is 5.57 Å². The smallest absolute Gasteiger partial charge is 0.234 e. The monoisotopic (exact) mass is 224 g/mol. The molecule has 1 rings (SSSR count). The van der Waals surface area contributed by atoms with Crippen LogP contribution >= 0.6 is 0 Å². The van der Waals surface area contributed by atoms with Gasteiger partial charge in [-0.05, 0) is 53.0 Å². The molecule has 3 nitrogen and oxygen atoms in total. The van der Waals surface area contributed by atoms with Crippen molar-refractivity contribution in [1.82, 2.24) is 10.6 Å². The number of hydrogen-bond donors (Lipinski definition) is 2. The first-order chi connectivity index (χ1) is 7.47. The van der Waals surface area contributed by atoms with E-state index < -0.39 is 0 Å². The minimum absolute atomic E-state index is 0.0768. The Hall–Kier alpha value is -0.830. The van der Waals surface area contributed by atoms with E-state index in [-0.39, 0.29) is 11.4 Å². The third-order valence-corrected chi connectivity index (χ3v) is 2.56. The van der Waals surface area contributed by atoms with Gasteiger partial charge in [0, 0.05) is 5.54 Å². The molecule has 0 radical (unpaired) electrons. The fraction of sp³-hybridized carbons (Fsp3) is 0.769. The molecule has 0 saturated heterocycles. The van der Waals surface area contributed by atoms with E-state index in [1.165, 1.54) is 19.3 Å². The summed E-state index contributed by atoms with van der Waals surface area (Å²) in [4.78, 5) is 11.5. The van der Waals surface area contributed by atoms with Crippen LogP contribution in [0.25, 0.3) is 0 Å². The largest absolute Gasteiger partial charge is 0.350 e. The SMILES string of the molecule is CC(C)(C)NC(=O)CNCCC1=CCCC1. The number of allylic oxidation sites excluding steroid dienone is 1. The molecule has 0 saturated carbocycles. The van der Waals surface area contributed by atoms with Crippen LogP contribution in [0.4, 0.5) is 0 Å². The lowest BCUT2D eigenvalue weighted by molar-refractivity contribution is -0.121. The van der Waals surface area contributed by atoms with Gasteiger partial charge in [-0.1, -0.05) is 11.6 Å². The molecule has 1 amide bonds. The maximum atomic E-state index is 11.5. The number of hydrogen-bond acceptors (Lipinski definition) is 2. The van der Waals surface area contributed by atoms with E-state index in [1.807, 2.05) is 20.8 Å². The van der Waals surface area contributed by atoms with E-state index in [9.17, 15) is 4.79 Å². The van der Waals surface area contributed by atoms with Crippen molar-refractivity contribution in [3.8, 4) is 0 Å². The summed E-state index contributed by atoms with van der Waals surface area (Å²) >= 11 is 0. The highest BCUT2D eigenvalue weighted by molar-refractivity contribution is 5.78. The molecule has 92 valence electrons. The number of nitrogens with one attached hydrogen (secondary N) is 2. The summed E-state index contributed by atoms with van der Waals surface area (Å²) in [5, 5.41) is 6.11. The third kappa shape index (κ3) is 5.91. The van der Waals surface area contributed by atoms with Crippen molar-refractivity contribution >= 4 is 5.91 Å². The van der Waals surface area contributed by atoms with Crippen LogP contribution in [0.15, 0.2) is 11.6 Å². The quantitative estimate of drug-likeness (QED) is 0.554. The minimum Gasteiger partial charge on any atom is -0.350 e. The molecule has 0 atom stereocenters. The van der Waals surface area contributed by atoms with Crippen molar-refractivity contribution in [2.75, 3.05) is 13.1 Å². The number of rotatable bonds is 5. The molecule has 0 bridgehead atoms. The molecule has 3 heteroatoms.